The molecule has 2 N–H and O–H groups in total. The minimum atomic E-state index is -0.839. The fourth-order valence-electron chi connectivity index (χ4n) is 1.28. The summed E-state index contributed by atoms with van der Waals surface area (Å²) in [5.41, 5.74) is 0. The number of hydrogen-bond donors (Lipinski definition) is 2. The third-order valence-electron chi connectivity index (χ3n) is 2.25. The van der Waals surface area contributed by atoms with Gasteiger partial charge in [-0.3, -0.25) is 9.59 Å². The van der Waals surface area contributed by atoms with Gasteiger partial charge < -0.3 is 19.7 Å². The van der Waals surface area contributed by atoms with Crippen molar-refractivity contribution in [3.63, 3.8) is 0 Å². The lowest BCUT2D eigenvalue weighted by Gasteiger charge is -2.04. The molecule has 0 saturated heterocycles. The first-order valence-electron chi connectivity index (χ1n) is 6.22. The van der Waals surface area contributed by atoms with Crippen molar-refractivity contribution >= 4 is 11.9 Å². The zero-order valence-corrected chi connectivity index (χ0v) is 10.6. The molecule has 0 heterocycles. The molecule has 0 aromatic carbocycles. The Morgan fingerprint density at radius 3 is 1.39 bits per heavy atom. The van der Waals surface area contributed by atoms with E-state index >= 15 is 0 Å². The van der Waals surface area contributed by atoms with E-state index < -0.39 is 11.9 Å². The van der Waals surface area contributed by atoms with Gasteiger partial charge in [0.25, 0.3) is 0 Å². The molecule has 6 heteroatoms. The van der Waals surface area contributed by atoms with E-state index in [0.717, 1.165) is 25.7 Å². The average molecular weight is 262 g/mol. The third-order valence-corrected chi connectivity index (χ3v) is 2.25. The van der Waals surface area contributed by atoms with E-state index in [4.69, 9.17) is 19.7 Å². The molecule has 0 saturated carbocycles. The van der Waals surface area contributed by atoms with Crippen molar-refractivity contribution in [2.75, 3.05) is 26.4 Å². The molecular formula is C12H22O6. The Hall–Kier alpha value is -1.14. The third kappa shape index (κ3) is 14.9. The summed E-state index contributed by atoms with van der Waals surface area (Å²) in [6.07, 6.45) is 3.95. The molecule has 106 valence electrons. The Morgan fingerprint density at radius 2 is 1.06 bits per heavy atom. The standard InChI is InChI=1S/C12H22O6/c13-11(14)5-9-17-7-3-1-2-4-8-18-10-6-12(15)16/h1-10H2,(H,13,14)(H,15,16). The Morgan fingerprint density at radius 1 is 0.667 bits per heavy atom. The topological polar surface area (TPSA) is 93.1 Å². The van der Waals surface area contributed by atoms with Crippen LogP contribution >= 0.6 is 0 Å². The first kappa shape index (κ1) is 16.9. The van der Waals surface area contributed by atoms with E-state index in [-0.39, 0.29) is 26.1 Å². The minimum Gasteiger partial charge on any atom is -0.481 e. The van der Waals surface area contributed by atoms with Crippen LogP contribution in [0.1, 0.15) is 38.5 Å². The number of aliphatic carboxylic acids is 2. The summed E-state index contributed by atoms with van der Waals surface area (Å²) < 4.78 is 10.3. The van der Waals surface area contributed by atoms with E-state index in [1.165, 1.54) is 0 Å². The van der Waals surface area contributed by atoms with Crippen molar-refractivity contribution in [3.05, 3.63) is 0 Å². The van der Waals surface area contributed by atoms with Crippen LogP contribution in [0.3, 0.4) is 0 Å². The van der Waals surface area contributed by atoms with Gasteiger partial charge in [-0.25, -0.2) is 0 Å². The van der Waals surface area contributed by atoms with Crippen LogP contribution in [-0.4, -0.2) is 48.6 Å². The molecule has 0 aliphatic carbocycles. The smallest absolute Gasteiger partial charge is 0.305 e. The normalized spacial score (nSPS) is 10.4. The number of rotatable bonds is 13. The van der Waals surface area contributed by atoms with Crippen molar-refractivity contribution in [2.45, 2.75) is 38.5 Å². The van der Waals surface area contributed by atoms with Gasteiger partial charge in [-0.1, -0.05) is 12.8 Å². The van der Waals surface area contributed by atoms with Crippen LogP contribution in [0.15, 0.2) is 0 Å². The van der Waals surface area contributed by atoms with Crippen LogP contribution in [0.5, 0.6) is 0 Å². The molecule has 0 spiro atoms. The molecule has 0 rings (SSSR count). The van der Waals surface area contributed by atoms with Gasteiger partial charge >= 0.3 is 11.9 Å². The zero-order chi connectivity index (χ0) is 13.6. The predicted molar refractivity (Wildman–Crippen MR) is 64.6 cm³/mol. The highest BCUT2D eigenvalue weighted by molar-refractivity contribution is 5.66. The van der Waals surface area contributed by atoms with Gasteiger partial charge in [0.1, 0.15) is 0 Å². The molecule has 18 heavy (non-hydrogen) atoms. The summed E-state index contributed by atoms with van der Waals surface area (Å²) in [4.78, 5) is 20.3. The molecule has 0 aliphatic heterocycles. The maximum Gasteiger partial charge on any atom is 0.305 e. The molecule has 0 aromatic heterocycles. The second-order valence-electron chi connectivity index (χ2n) is 3.93. The highest BCUT2D eigenvalue weighted by Gasteiger charge is 1.97. The van der Waals surface area contributed by atoms with E-state index in [9.17, 15) is 9.59 Å². The molecule has 6 nitrogen and oxygen atoms in total. The van der Waals surface area contributed by atoms with Crippen LogP contribution < -0.4 is 0 Å². The van der Waals surface area contributed by atoms with Crippen LogP contribution in [0.4, 0.5) is 0 Å². The lowest BCUT2D eigenvalue weighted by molar-refractivity contribution is -0.139. The molecule has 0 radical (unpaired) electrons. The van der Waals surface area contributed by atoms with Crippen LogP contribution in [0.25, 0.3) is 0 Å². The Balaban J connectivity index is 2.99. The fraction of sp³-hybridized carbons (Fsp3) is 0.833. The van der Waals surface area contributed by atoms with Gasteiger partial charge in [0.15, 0.2) is 0 Å². The summed E-state index contributed by atoms with van der Waals surface area (Å²) in [7, 11) is 0. The van der Waals surface area contributed by atoms with Gasteiger partial charge in [-0.15, -0.1) is 0 Å². The summed E-state index contributed by atoms with van der Waals surface area (Å²) in [5, 5.41) is 16.7. The summed E-state index contributed by atoms with van der Waals surface area (Å²) in [6.45, 7) is 1.72. The van der Waals surface area contributed by atoms with Gasteiger partial charge in [-0.2, -0.15) is 0 Å². The van der Waals surface area contributed by atoms with Crippen molar-refractivity contribution in [1.82, 2.24) is 0 Å². The molecule has 0 amide bonds. The first-order chi connectivity index (χ1) is 8.63. The molecule has 0 aromatic rings. The van der Waals surface area contributed by atoms with Crippen molar-refractivity contribution in [3.8, 4) is 0 Å². The largest absolute Gasteiger partial charge is 0.481 e. The van der Waals surface area contributed by atoms with E-state index in [2.05, 4.69) is 0 Å². The number of carboxylic acid groups (broad SMARTS) is 2. The highest BCUT2D eigenvalue weighted by atomic mass is 16.5. The summed E-state index contributed by atoms with van der Waals surface area (Å²) in [6, 6.07) is 0. The van der Waals surface area contributed by atoms with Gasteiger partial charge in [0.05, 0.1) is 26.1 Å². The number of ether oxygens (including phenoxy) is 2. The second kappa shape index (κ2) is 12.3. The van der Waals surface area contributed by atoms with Crippen molar-refractivity contribution in [2.24, 2.45) is 0 Å². The van der Waals surface area contributed by atoms with E-state index in [0.29, 0.717) is 13.2 Å². The number of hydrogen-bond acceptors (Lipinski definition) is 4. The molecule has 0 atom stereocenters. The molecule has 0 bridgehead atoms. The van der Waals surface area contributed by atoms with E-state index in [1.807, 2.05) is 0 Å². The van der Waals surface area contributed by atoms with Gasteiger partial charge in [0.2, 0.25) is 0 Å². The maximum atomic E-state index is 10.2. The molecular weight excluding hydrogens is 240 g/mol. The number of carbonyl (C=O) groups is 2. The number of carboxylic acids is 2. The highest BCUT2D eigenvalue weighted by Crippen LogP contribution is 2.01. The van der Waals surface area contributed by atoms with Gasteiger partial charge in [0, 0.05) is 13.2 Å². The quantitative estimate of drug-likeness (QED) is 0.489. The van der Waals surface area contributed by atoms with Crippen LogP contribution in [0.2, 0.25) is 0 Å². The van der Waals surface area contributed by atoms with Gasteiger partial charge in [-0.05, 0) is 12.8 Å². The number of unbranched alkanes of at least 4 members (excludes halogenated alkanes) is 3. The van der Waals surface area contributed by atoms with Crippen molar-refractivity contribution < 1.29 is 29.3 Å². The molecule has 0 unspecified atom stereocenters. The Kier molecular flexibility index (Phi) is 11.5. The Bertz CT molecular complexity index is 205. The van der Waals surface area contributed by atoms with Crippen molar-refractivity contribution in [1.29, 1.82) is 0 Å². The van der Waals surface area contributed by atoms with Crippen LogP contribution in [-0.2, 0) is 19.1 Å². The van der Waals surface area contributed by atoms with Crippen LogP contribution in [0, 0.1) is 0 Å². The van der Waals surface area contributed by atoms with E-state index in [1.54, 1.807) is 0 Å². The monoisotopic (exact) mass is 262 g/mol. The lowest BCUT2D eigenvalue weighted by Crippen LogP contribution is -2.04. The lowest BCUT2D eigenvalue weighted by atomic mass is 10.2. The fourth-order valence-corrected chi connectivity index (χ4v) is 1.28. The second-order valence-corrected chi connectivity index (χ2v) is 3.93. The summed E-state index contributed by atoms with van der Waals surface area (Å²) >= 11 is 0. The maximum absolute atomic E-state index is 10.2. The molecule has 0 fully saturated rings. The Labute approximate surface area is 107 Å². The molecule has 0 aliphatic rings. The first-order valence-corrected chi connectivity index (χ1v) is 6.22. The minimum absolute atomic E-state index is 0.0530. The summed E-state index contributed by atoms with van der Waals surface area (Å²) in [5.74, 6) is -1.68. The predicted octanol–water partition coefficient (Wildman–Crippen LogP) is 1.53. The zero-order valence-electron chi connectivity index (χ0n) is 10.6. The average Bonchev–Trinajstić information content (AvgIpc) is 2.29. The SMILES string of the molecule is O=C(O)CCOCCCCCCOCCC(=O)O.